The summed E-state index contributed by atoms with van der Waals surface area (Å²) in [6, 6.07) is 2.17. The number of ether oxygens (including phenoxy) is 1. The summed E-state index contributed by atoms with van der Waals surface area (Å²) in [7, 11) is 0. The Kier molecular flexibility index (Phi) is 5.00. The van der Waals surface area contributed by atoms with Crippen LogP contribution in [0.4, 0.5) is 4.39 Å². The van der Waals surface area contributed by atoms with E-state index >= 15 is 4.39 Å². The van der Waals surface area contributed by atoms with Gasteiger partial charge in [-0.15, -0.1) is 0 Å². The Morgan fingerprint density at radius 3 is 2.30 bits per heavy atom. The van der Waals surface area contributed by atoms with Crippen molar-refractivity contribution in [1.29, 1.82) is 0 Å². The first-order valence-corrected chi connectivity index (χ1v) is 12.8. The second-order valence-electron chi connectivity index (χ2n) is 12.0. The Balaban J connectivity index is 1.24. The molecular weight excluding hydrogens is 421 g/mol. The molecule has 1 heterocycles. The van der Waals surface area contributed by atoms with E-state index in [0.29, 0.717) is 31.2 Å². The molecule has 0 unspecified atom stereocenters. The molecule has 4 bridgehead atoms. The SMILES string of the molecule is C[C@@H]1C[C@@H](C(=O)O)N(C(=O)c2cc(C3CC3)c(OCC34CC5CC(CC(C5)C3)C4)cc2F)C1. The Morgan fingerprint density at radius 1 is 1.09 bits per heavy atom. The molecule has 1 N–H and O–H groups in total. The lowest BCUT2D eigenvalue weighted by molar-refractivity contribution is -0.141. The van der Waals surface area contributed by atoms with E-state index in [4.69, 9.17) is 4.74 Å². The standard InChI is InChI=1S/C27H34FNO4/c1-15-4-23(26(31)32)29(13-15)25(30)21-8-20(19-2-3-19)24(9-22(21)28)33-14-27-10-16-5-17(11-27)7-18(6-16)12-27/h8-9,15-19,23H,2-7,10-14H2,1H3,(H,31,32)/t15-,16?,17?,18?,23+,27?/m1/s1. The Labute approximate surface area is 194 Å². The van der Waals surface area contributed by atoms with Gasteiger partial charge in [0.2, 0.25) is 0 Å². The van der Waals surface area contributed by atoms with E-state index in [2.05, 4.69) is 0 Å². The van der Waals surface area contributed by atoms with E-state index < -0.39 is 23.7 Å². The van der Waals surface area contributed by atoms with Crippen molar-refractivity contribution in [3.63, 3.8) is 0 Å². The predicted molar refractivity (Wildman–Crippen MR) is 121 cm³/mol. The van der Waals surface area contributed by atoms with Gasteiger partial charge in [-0.2, -0.15) is 0 Å². The first kappa shape index (κ1) is 21.4. The van der Waals surface area contributed by atoms with E-state index in [1.165, 1.54) is 49.5 Å². The molecule has 6 heteroatoms. The van der Waals surface area contributed by atoms with Crippen molar-refractivity contribution in [3.8, 4) is 5.75 Å². The lowest BCUT2D eigenvalue weighted by Crippen LogP contribution is -2.48. The zero-order valence-electron chi connectivity index (χ0n) is 19.4. The van der Waals surface area contributed by atoms with Crippen LogP contribution in [0.2, 0.25) is 0 Å². The van der Waals surface area contributed by atoms with Crippen LogP contribution >= 0.6 is 0 Å². The fourth-order valence-corrected chi connectivity index (χ4v) is 7.93. The summed E-state index contributed by atoms with van der Waals surface area (Å²) in [4.78, 5) is 26.2. The lowest BCUT2D eigenvalue weighted by Gasteiger charge is -2.56. The third kappa shape index (κ3) is 3.83. The Bertz CT molecular complexity index is 951. The number of amides is 1. The maximum Gasteiger partial charge on any atom is 0.326 e. The van der Waals surface area contributed by atoms with Crippen LogP contribution in [0.15, 0.2) is 12.1 Å². The molecule has 5 nitrogen and oxygen atoms in total. The zero-order valence-corrected chi connectivity index (χ0v) is 19.4. The van der Waals surface area contributed by atoms with Crippen LogP contribution in [0.5, 0.6) is 5.75 Å². The lowest BCUT2D eigenvalue weighted by atomic mass is 9.50. The second kappa shape index (κ2) is 7.71. The summed E-state index contributed by atoms with van der Waals surface area (Å²) >= 11 is 0. The first-order chi connectivity index (χ1) is 15.8. The molecule has 1 aliphatic heterocycles. The molecule has 1 amide bonds. The van der Waals surface area contributed by atoms with Crippen molar-refractivity contribution in [2.75, 3.05) is 13.2 Å². The van der Waals surface area contributed by atoms with Gasteiger partial charge in [-0.25, -0.2) is 9.18 Å². The molecule has 5 saturated carbocycles. The largest absolute Gasteiger partial charge is 0.493 e. The van der Waals surface area contributed by atoms with Gasteiger partial charge in [0.25, 0.3) is 5.91 Å². The molecule has 6 fully saturated rings. The van der Waals surface area contributed by atoms with E-state index in [1.54, 1.807) is 6.07 Å². The normalized spacial score (nSPS) is 36.9. The van der Waals surface area contributed by atoms with Crippen molar-refractivity contribution in [1.82, 2.24) is 4.90 Å². The summed E-state index contributed by atoms with van der Waals surface area (Å²) in [6.45, 7) is 2.92. The number of carbonyl (C=O) groups excluding carboxylic acids is 1. The number of carbonyl (C=O) groups is 2. The number of halogens is 1. The summed E-state index contributed by atoms with van der Waals surface area (Å²) in [5.74, 6) is 1.35. The molecule has 178 valence electrons. The number of benzene rings is 1. The number of carboxylic acids is 1. The average Bonchev–Trinajstić information content (AvgIpc) is 3.51. The minimum Gasteiger partial charge on any atom is -0.493 e. The molecule has 2 atom stereocenters. The molecule has 0 radical (unpaired) electrons. The molecule has 5 aliphatic carbocycles. The number of likely N-dealkylation sites (tertiary alicyclic amines) is 1. The van der Waals surface area contributed by atoms with Gasteiger partial charge in [0.1, 0.15) is 17.6 Å². The molecule has 1 aromatic rings. The van der Waals surface area contributed by atoms with Crippen molar-refractivity contribution >= 4 is 11.9 Å². The quantitative estimate of drug-likeness (QED) is 0.638. The Hall–Kier alpha value is -2.11. The molecule has 0 spiro atoms. The fourth-order valence-electron chi connectivity index (χ4n) is 7.93. The van der Waals surface area contributed by atoms with Crippen molar-refractivity contribution in [2.24, 2.45) is 29.1 Å². The van der Waals surface area contributed by atoms with E-state index in [9.17, 15) is 14.7 Å². The molecule has 0 aromatic heterocycles. The molecular formula is C27H34FNO4. The van der Waals surface area contributed by atoms with Crippen LogP contribution in [-0.4, -0.2) is 41.1 Å². The van der Waals surface area contributed by atoms with E-state index in [0.717, 1.165) is 36.2 Å². The summed E-state index contributed by atoms with van der Waals surface area (Å²) in [6.07, 6.45) is 10.3. The average molecular weight is 456 g/mol. The number of aliphatic carboxylic acids is 1. The second-order valence-corrected chi connectivity index (χ2v) is 12.0. The van der Waals surface area contributed by atoms with Crippen molar-refractivity contribution in [2.45, 2.75) is 76.7 Å². The van der Waals surface area contributed by atoms with Crippen molar-refractivity contribution < 1.29 is 23.8 Å². The number of hydrogen-bond donors (Lipinski definition) is 1. The van der Waals surface area contributed by atoms with E-state index in [-0.39, 0.29) is 16.9 Å². The monoisotopic (exact) mass is 455 g/mol. The number of carboxylic acid groups (broad SMARTS) is 1. The molecule has 6 aliphatic rings. The molecule has 1 saturated heterocycles. The first-order valence-electron chi connectivity index (χ1n) is 12.8. The molecule has 7 rings (SSSR count). The highest BCUT2D eigenvalue weighted by molar-refractivity contribution is 5.97. The van der Waals surface area contributed by atoms with Gasteiger partial charge in [-0.1, -0.05) is 6.92 Å². The van der Waals surface area contributed by atoms with Gasteiger partial charge in [-0.3, -0.25) is 4.79 Å². The van der Waals surface area contributed by atoms with Crippen molar-refractivity contribution in [3.05, 3.63) is 29.1 Å². The number of rotatable bonds is 6. The van der Waals surface area contributed by atoms with Crippen LogP contribution in [-0.2, 0) is 4.79 Å². The molecule has 1 aromatic carbocycles. The van der Waals surface area contributed by atoms with Crippen LogP contribution in [0.1, 0.15) is 86.6 Å². The van der Waals surface area contributed by atoms with Gasteiger partial charge < -0.3 is 14.7 Å². The highest BCUT2D eigenvalue weighted by atomic mass is 19.1. The van der Waals surface area contributed by atoms with Crippen LogP contribution in [0.25, 0.3) is 0 Å². The zero-order chi connectivity index (χ0) is 22.9. The smallest absolute Gasteiger partial charge is 0.326 e. The summed E-state index contributed by atoms with van der Waals surface area (Å²) in [5, 5.41) is 9.54. The highest BCUT2D eigenvalue weighted by Crippen LogP contribution is 2.60. The number of nitrogens with zero attached hydrogens (tertiary/aromatic N) is 1. The molecule has 33 heavy (non-hydrogen) atoms. The van der Waals surface area contributed by atoms with Crippen LogP contribution < -0.4 is 4.74 Å². The summed E-state index contributed by atoms with van der Waals surface area (Å²) < 4.78 is 21.6. The van der Waals surface area contributed by atoms with Gasteiger partial charge in [0.05, 0.1) is 12.2 Å². The Morgan fingerprint density at radius 2 is 1.73 bits per heavy atom. The third-order valence-corrected chi connectivity index (χ3v) is 9.10. The van der Waals surface area contributed by atoms with Gasteiger partial charge >= 0.3 is 5.97 Å². The fraction of sp³-hybridized carbons (Fsp3) is 0.704. The maximum absolute atomic E-state index is 15.3. The van der Waals surface area contributed by atoms with Crippen LogP contribution in [0.3, 0.4) is 0 Å². The number of hydrogen-bond acceptors (Lipinski definition) is 3. The summed E-state index contributed by atoms with van der Waals surface area (Å²) in [5.41, 5.74) is 1.14. The topological polar surface area (TPSA) is 66.8 Å². The van der Waals surface area contributed by atoms with Gasteiger partial charge in [0, 0.05) is 18.0 Å². The van der Waals surface area contributed by atoms with Crippen LogP contribution in [0, 0.1) is 34.9 Å². The minimum absolute atomic E-state index is 0.0144. The highest BCUT2D eigenvalue weighted by Gasteiger charge is 2.51. The van der Waals surface area contributed by atoms with E-state index in [1.807, 2.05) is 6.92 Å². The maximum atomic E-state index is 15.3. The van der Waals surface area contributed by atoms with Gasteiger partial charge in [0.15, 0.2) is 0 Å². The minimum atomic E-state index is -1.02. The van der Waals surface area contributed by atoms with Gasteiger partial charge in [-0.05, 0) is 99.0 Å². The third-order valence-electron chi connectivity index (χ3n) is 9.10. The predicted octanol–water partition coefficient (Wildman–Crippen LogP) is 5.23.